The second-order valence-corrected chi connectivity index (χ2v) is 5.83. The molecule has 0 unspecified atom stereocenters. The van der Waals surface area contributed by atoms with Crippen molar-refractivity contribution in [3.8, 4) is 22.9 Å². The van der Waals surface area contributed by atoms with Crippen molar-refractivity contribution >= 4 is 27.0 Å². The molecule has 8 heteroatoms. The van der Waals surface area contributed by atoms with E-state index in [1.54, 1.807) is 18.2 Å². The standard InChI is InChI=1S/C16H12BrF3N2O2/c1-23-11-5-6-12(24-2)14-13(11)21-15(22-14)8-3-4-10(17)9(7-8)16(18,19)20/h3-7H,1-2H3,(H,21,22). The number of alkyl halides is 3. The molecule has 3 aromatic rings. The highest BCUT2D eigenvalue weighted by atomic mass is 79.9. The molecule has 0 saturated heterocycles. The van der Waals surface area contributed by atoms with Crippen LogP contribution >= 0.6 is 15.9 Å². The summed E-state index contributed by atoms with van der Waals surface area (Å²) >= 11 is 2.93. The highest BCUT2D eigenvalue weighted by Gasteiger charge is 2.33. The van der Waals surface area contributed by atoms with Gasteiger partial charge in [0.05, 0.1) is 19.8 Å². The minimum atomic E-state index is -4.46. The number of nitrogens with one attached hydrogen (secondary N) is 1. The fraction of sp³-hybridized carbons (Fsp3) is 0.188. The lowest BCUT2D eigenvalue weighted by atomic mass is 10.1. The molecule has 0 amide bonds. The Bertz CT molecular complexity index is 865. The summed E-state index contributed by atoms with van der Waals surface area (Å²) < 4.78 is 49.7. The van der Waals surface area contributed by atoms with Crippen molar-refractivity contribution in [1.82, 2.24) is 9.97 Å². The summed E-state index contributed by atoms with van der Waals surface area (Å²) in [7, 11) is 3.00. The van der Waals surface area contributed by atoms with E-state index in [4.69, 9.17) is 9.47 Å². The molecule has 0 bridgehead atoms. The number of nitrogens with zero attached hydrogens (tertiary/aromatic N) is 1. The molecule has 24 heavy (non-hydrogen) atoms. The highest BCUT2D eigenvalue weighted by molar-refractivity contribution is 9.10. The molecule has 0 radical (unpaired) electrons. The molecule has 126 valence electrons. The predicted octanol–water partition coefficient (Wildman–Crippen LogP) is 5.03. The number of aromatic nitrogens is 2. The van der Waals surface area contributed by atoms with Gasteiger partial charge in [-0.25, -0.2) is 4.98 Å². The predicted molar refractivity (Wildman–Crippen MR) is 87.3 cm³/mol. The Kier molecular flexibility index (Phi) is 4.16. The van der Waals surface area contributed by atoms with Crippen molar-refractivity contribution in [2.75, 3.05) is 14.2 Å². The monoisotopic (exact) mass is 400 g/mol. The van der Waals surface area contributed by atoms with Crippen LogP contribution in [0.4, 0.5) is 13.2 Å². The van der Waals surface area contributed by atoms with E-state index in [0.29, 0.717) is 33.9 Å². The molecule has 1 N–H and O–H groups in total. The van der Waals surface area contributed by atoms with Crippen LogP contribution in [-0.2, 0) is 6.18 Å². The van der Waals surface area contributed by atoms with E-state index in [1.165, 1.54) is 20.3 Å². The fourth-order valence-corrected chi connectivity index (χ4v) is 2.88. The van der Waals surface area contributed by atoms with Crippen molar-refractivity contribution in [2.24, 2.45) is 0 Å². The molecule has 3 rings (SSSR count). The fourth-order valence-electron chi connectivity index (χ4n) is 2.40. The van der Waals surface area contributed by atoms with E-state index < -0.39 is 11.7 Å². The van der Waals surface area contributed by atoms with Gasteiger partial charge in [-0.1, -0.05) is 22.0 Å². The number of benzene rings is 2. The number of halogens is 4. The molecule has 1 heterocycles. The smallest absolute Gasteiger partial charge is 0.417 e. The molecule has 0 spiro atoms. The van der Waals surface area contributed by atoms with Gasteiger partial charge < -0.3 is 14.5 Å². The topological polar surface area (TPSA) is 47.1 Å². The molecule has 2 aromatic carbocycles. The number of imidazole rings is 1. The first-order valence-electron chi connectivity index (χ1n) is 6.83. The van der Waals surface area contributed by atoms with Gasteiger partial charge in [-0.15, -0.1) is 0 Å². The Labute approximate surface area is 143 Å². The molecular weight excluding hydrogens is 389 g/mol. The van der Waals surface area contributed by atoms with E-state index >= 15 is 0 Å². The maximum atomic E-state index is 13.1. The van der Waals surface area contributed by atoms with Gasteiger partial charge in [-0.05, 0) is 24.3 Å². The summed E-state index contributed by atoms with van der Waals surface area (Å²) in [5, 5.41) is 0. The lowest BCUT2D eigenvalue weighted by Crippen LogP contribution is -2.06. The van der Waals surface area contributed by atoms with Crippen molar-refractivity contribution < 1.29 is 22.6 Å². The minimum absolute atomic E-state index is 0.0231. The van der Waals surface area contributed by atoms with Crippen LogP contribution in [0.3, 0.4) is 0 Å². The highest BCUT2D eigenvalue weighted by Crippen LogP contribution is 2.38. The van der Waals surface area contributed by atoms with Crippen LogP contribution in [0.15, 0.2) is 34.8 Å². The van der Waals surface area contributed by atoms with Gasteiger partial charge in [0, 0.05) is 10.0 Å². The van der Waals surface area contributed by atoms with Gasteiger partial charge in [0.25, 0.3) is 0 Å². The van der Waals surface area contributed by atoms with Crippen molar-refractivity contribution in [3.05, 3.63) is 40.4 Å². The number of hydrogen-bond donors (Lipinski definition) is 1. The number of rotatable bonds is 3. The lowest BCUT2D eigenvalue weighted by molar-refractivity contribution is -0.138. The van der Waals surface area contributed by atoms with Gasteiger partial charge in [0.2, 0.25) is 0 Å². The van der Waals surface area contributed by atoms with Gasteiger partial charge in [0.15, 0.2) is 0 Å². The van der Waals surface area contributed by atoms with Crippen LogP contribution in [-0.4, -0.2) is 24.2 Å². The molecule has 0 fully saturated rings. The second kappa shape index (κ2) is 6.01. The summed E-state index contributed by atoms with van der Waals surface area (Å²) in [6, 6.07) is 7.33. The Balaban J connectivity index is 2.20. The molecule has 4 nitrogen and oxygen atoms in total. The van der Waals surface area contributed by atoms with E-state index in [0.717, 1.165) is 6.07 Å². The third-order valence-electron chi connectivity index (χ3n) is 3.55. The van der Waals surface area contributed by atoms with E-state index in [9.17, 15) is 13.2 Å². The third-order valence-corrected chi connectivity index (χ3v) is 4.25. The molecule has 0 aliphatic rings. The van der Waals surface area contributed by atoms with Gasteiger partial charge >= 0.3 is 6.18 Å². The zero-order valence-electron chi connectivity index (χ0n) is 12.7. The molecule has 0 aliphatic heterocycles. The van der Waals surface area contributed by atoms with Gasteiger partial charge in [-0.3, -0.25) is 0 Å². The first-order chi connectivity index (χ1) is 11.3. The average molecular weight is 401 g/mol. The van der Waals surface area contributed by atoms with Crippen LogP contribution in [0.25, 0.3) is 22.4 Å². The number of aromatic amines is 1. The van der Waals surface area contributed by atoms with E-state index in [1.807, 2.05) is 0 Å². The average Bonchev–Trinajstić information content (AvgIpc) is 2.98. The van der Waals surface area contributed by atoms with Gasteiger partial charge in [0.1, 0.15) is 28.4 Å². The summed E-state index contributed by atoms with van der Waals surface area (Å²) in [6.07, 6.45) is -4.46. The van der Waals surface area contributed by atoms with Crippen molar-refractivity contribution in [2.45, 2.75) is 6.18 Å². The maximum Gasteiger partial charge on any atom is 0.417 e. The largest absolute Gasteiger partial charge is 0.494 e. The SMILES string of the molecule is COc1ccc(OC)c2[nH]c(-c3ccc(Br)c(C(F)(F)F)c3)nc12. The molecule has 0 atom stereocenters. The Hall–Kier alpha value is -2.22. The van der Waals surface area contributed by atoms with Crippen LogP contribution in [0.2, 0.25) is 0 Å². The molecule has 1 aromatic heterocycles. The zero-order chi connectivity index (χ0) is 17.5. The zero-order valence-corrected chi connectivity index (χ0v) is 14.2. The lowest BCUT2D eigenvalue weighted by Gasteiger charge is -2.10. The normalized spacial score (nSPS) is 11.8. The minimum Gasteiger partial charge on any atom is -0.494 e. The van der Waals surface area contributed by atoms with Gasteiger partial charge in [-0.2, -0.15) is 13.2 Å². The van der Waals surface area contributed by atoms with Crippen LogP contribution < -0.4 is 9.47 Å². The summed E-state index contributed by atoms with van der Waals surface area (Å²) in [5.41, 5.74) is 0.594. The van der Waals surface area contributed by atoms with Crippen LogP contribution in [0.5, 0.6) is 11.5 Å². The number of fused-ring (bicyclic) bond motifs is 1. The number of methoxy groups -OCH3 is 2. The van der Waals surface area contributed by atoms with E-state index in [-0.39, 0.29) is 4.47 Å². The van der Waals surface area contributed by atoms with E-state index in [2.05, 4.69) is 25.9 Å². The first kappa shape index (κ1) is 16.6. The Morgan fingerprint density at radius 3 is 2.33 bits per heavy atom. The Morgan fingerprint density at radius 2 is 1.71 bits per heavy atom. The quantitative estimate of drug-likeness (QED) is 0.670. The molecule has 0 aliphatic carbocycles. The van der Waals surface area contributed by atoms with Crippen LogP contribution in [0, 0.1) is 0 Å². The molecular formula is C16H12BrF3N2O2. The third kappa shape index (κ3) is 2.82. The number of ether oxygens (including phenoxy) is 2. The number of hydrogen-bond acceptors (Lipinski definition) is 3. The maximum absolute atomic E-state index is 13.1. The summed E-state index contributed by atoms with van der Waals surface area (Å²) in [4.78, 5) is 7.38. The van der Waals surface area contributed by atoms with Crippen LogP contribution in [0.1, 0.15) is 5.56 Å². The van der Waals surface area contributed by atoms with Crippen molar-refractivity contribution in [1.29, 1.82) is 0 Å². The van der Waals surface area contributed by atoms with Crippen molar-refractivity contribution in [3.63, 3.8) is 0 Å². The summed E-state index contributed by atoms with van der Waals surface area (Å²) in [6.45, 7) is 0. The first-order valence-corrected chi connectivity index (χ1v) is 7.62. The number of H-pyrrole nitrogens is 1. The molecule has 0 saturated carbocycles. The Morgan fingerprint density at radius 1 is 1.04 bits per heavy atom. The second-order valence-electron chi connectivity index (χ2n) is 4.97. The summed E-state index contributed by atoms with van der Waals surface area (Å²) in [5.74, 6) is 1.32.